The summed E-state index contributed by atoms with van der Waals surface area (Å²) in [6.45, 7) is 3.54. The van der Waals surface area contributed by atoms with Crippen molar-refractivity contribution in [2.45, 2.75) is 76.9 Å². The van der Waals surface area contributed by atoms with Gasteiger partial charge in [0.2, 0.25) is 0 Å². The van der Waals surface area contributed by atoms with Crippen LogP contribution in [0.3, 0.4) is 0 Å². The number of hydrogen-bond acceptors (Lipinski definition) is 3. The molecule has 2 aliphatic rings. The van der Waals surface area contributed by atoms with Crippen LogP contribution in [0.15, 0.2) is 48.5 Å². The Morgan fingerprint density at radius 3 is 2.32 bits per heavy atom. The standard InChI is InChI=1S/C29H38N2O3/c1-22-16-18-23(19-17-22)28(32)31-21-11-5-3-4-10-20-30(2)29(33)24-12-6-8-14-26(24)34-27-15-9-7-13-25(27)31/h6,8,12,14,16-19,25,27H,3-5,7,9-11,13,15,20-21H2,1-2H3/t25-,27+/m1/s1. The highest BCUT2D eigenvalue weighted by molar-refractivity contribution is 5.97. The minimum absolute atomic E-state index is 0.00502. The fraction of sp³-hybridized carbons (Fsp3) is 0.517. The monoisotopic (exact) mass is 462 g/mol. The van der Waals surface area contributed by atoms with Crippen molar-refractivity contribution in [1.29, 1.82) is 0 Å². The van der Waals surface area contributed by atoms with Crippen LogP contribution in [0.1, 0.15) is 84.1 Å². The lowest BCUT2D eigenvalue weighted by atomic mass is 9.90. The van der Waals surface area contributed by atoms with Gasteiger partial charge in [-0.25, -0.2) is 0 Å². The molecule has 2 aromatic rings. The molecule has 182 valence electrons. The van der Waals surface area contributed by atoms with Crippen molar-refractivity contribution >= 4 is 11.8 Å². The number of fused-ring (bicyclic) bond motifs is 2. The summed E-state index contributed by atoms with van der Waals surface area (Å²) in [5.74, 6) is 0.730. The fourth-order valence-electron chi connectivity index (χ4n) is 5.23. The molecule has 0 N–H and O–H groups in total. The summed E-state index contributed by atoms with van der Waals surface area (Å²) in [7, 11) is 1.88. The van der Waals surface area contributed by atoms with Crippen LogP contribution in [0, 0.1) is 6.92 Å². The van der Waals surface area contributed by atoms with Gasteiger partial charge in [0.15, 0.2) is 0 Å². The third-order valence-corrected chi connectivity index (χ3v) is 7.26. The second-order valence-electron chi connectivity index (χ2n) is 9.86. The molecule has 2 amide bonds. The maximum atomic E-state index is 13.7. The molecule has 0 bridgehead atoms. The van der Waals surface area contributed by atoms with Crippen molar-refractivity contribution in [3.8, 4) is 5.75 Å². The number of nitrogens with zero attached hydrogens (tertiary/aromatic N) is 2. The zero-order valence-corrected chi connectivity index (χ0v) is 20.7. The Balaban J connectivity index is 1.66. The molecule has 34 heavy (non-hydrogen) atoms. The van der Waals surface area contributed by atoms with Gasteiger partial charge in [0, 0.05) is 25.7 Å². The largest absolute Gasteiger partial charge is 0.487 e. The maximum absolute atomic E-state index is 13.7. The van der Waals surface area contributed by atoms with Gasteiger partial charge in [-0.1, -0.05) is 55.5 Å². The van der Waals surface area contributed by atoms with Crippen LogP contribution in [-0.2, 0) is 0 Å². The van der Waals surface area contributed by atoms with Gasteiger partial charge in [-0.2, -0.15) is 0 Å². The second kappa shape index (κ2) is 11.5. The third-order valence-electron chi connectivity index (χ3n) is 7.26. The number of amides is 2. The lowest BCUT2D eigenvalue weighted by Gasteiger charge is -2.40. The highest BCUT2D eigenvalue weighted by atomic mass is 16.5. The first-order valence-corrected chi connectivity index (χ1v) is 12.9. The molecule has 1 heterocycles. The lowest BCUT2D eigenvalue weighted by molar-refractivity contribution is 0.0270. The molecule has 2 atom stereocenters. The van der Waals surface area contributed by atoms with Gasteiger partial charge in [0.05, 0.1) is 11.6 Å². The number of carbonyl (C=O) groups is 2. The fourth-order valence-corrected chi connectivity index (χ4v) is 5.23. The molecule has 5 heteroatoms. The number of hydrogen-bond donors (Lipinski definition) is 0. The van der Waals surface area contributed by atoms with E-state index in [-0.39, 0.29) is 24.0 Å². The summed E-state index contributed by atoms with van der Waals surface area (Å²) in [6.07, 6.45) is 9.15. The number of benzene rings is 2. The Kier molecular flexibility index (Phi) is 8.25. The average Bonchev–Trinajstić information content (AvgIpc) is 2.86. The van der Waals surface area contributed by atoms with Crippen LogP contribution in [0.25, 0.3) is 0 Å². The van der Waals surface area contributed by atoms with E-state index in [4.69, 9.17) is 4.74 Å². The van der Waals surface area contributed by atoms with Crippen molar-refractivity contribution in [3.05, 3.63) is 65.2 Å². The van der Waals surface area contributed by atoms with E-state index in [0.29, 0.717) is 11.3 Å². The molecule has 5 nitrogen and oxygen atoms in total. The average molecular weight is 463 g/mol. The maximum Gasteiger partial charge on any atom is 0.257 e. The van der Waals surface area contributed by atoms with E-state index < -0.39 is 0 Å². The van der Waals surface area contributed by atoms with E-state index in [9.17, 15) is 9.59 Å². The van der Waals surface area contributed by atoms with E-state index in [1.165, 1.54) is 0 Å². The minimum Gasteiger partial charge on any atom is -0.487 e. The number of para-hydroxylation sites is 1. The molecule has 4 rings (SSSR count). The lowest BCUT2D eigenvalue weighted by Crippen LogP contribution is -2.51. The molecule has 1 aliphatic carbocycles. The third kappa shape index (κ3) is 5.81. The Hall–Kier alpha value is -2.82. The van der Waals surface area contributed by atoms with E-state index in [0.717, 1.165) is 82.0 Å². The van der Waals surface area contributed by atoms with Gasteiger partial charge < -0.3 is 14.5 Å². The molecule has 0 aromatic heterocycles. The smallest absolute Gasteiger partial charge is 0.257 e. The Labute approximate surface area is 204 Å². The van der Waals surface area contributed by atoms with E-state index >= 15 is 0 Å². The molecule has 1 saturated carbocycles. The van der Waals surface area contributed by atoms with Gasteiger partial charge in [0.1, 0.15) is 11.9 Å². The van der Waals surface area contributed by atoms with Crippen LogP contribution in [-0.4, -0.2) is 53.9 Å². The molecule has 0 saturated heterocycles. The molecule has 2 aromatic carbocycles. The van der Waals surface area contributed by atoms with Crippen LogP contribution in [0.5, 0.6) is 5.75 Å². The predicted octanol–water partition coefficient (Wildman–Crippen LogP) is 5.86. The van der Waals surface area contributed by atoms with Crippen LogP contribution in [0.4, 0.5) is 0 Å². The topological polar surface area (TPSA) is 49.9 Å². The number of carbonyl (C=O) groups excluding carboxylic acids is 2. The highest BCUT2D eigenvalue weighted by Gasteiger charge is 2.35. The summed E-state index contributed by atoms with van der Waals surface area (Å²) in [6, 6.07) is 15.5. The van der Waals surface area contributed by atoms with E-state index in [2.05, 4.69) is 4.90 Å². The Morgan fingerprint density at radius 1 is 0.853 bits per heavy atom. The molecular formula is C29H38N2O3. The summed E-state index contributed by atoms with van der Waals surface area (Å²) >= 11 is 0. The zero-order chi connectivity index (χ0) is 23.9. The van der Waals surface area contributed by atoms with Crippen molar-refractivity contribution in [2.75, 3.05) is 20.1 Å². The van der Waals surface area contributed by atoms with Crippen LogP contribution < -0.4 is 4.74 Å². The number of rotatable bonds is 1. The van der Waals surface area contributed by atoms with Gasteiger partial charge in [-0.15, -0.1) is 0 Å². The van der Waals surface area contributed by atoms with Gasteiger partial charge in [-0.05, 0) is 63.3 Å². The molecular weight excluding hydrogens is 424 g/mol. The van der Waals surface area contributed by atoms with Gasteiger partial charge in [-0.3, -0.25) is 9.59 Å². The summed E-state index contributed by atoms with van der Waals surface area (Å²) < 4.78 is 6.59. The van der Waals surface area contributed by atoms with Crippen molar-refractivity contribution in [1.82, 2.24) is 9.80 Å². The summed E-state index contributed by atoms with van der Waals surface area (Å²) in [4.78, 5) is 30.8. The van der Waals surface area contributed by atoms with E-state index in [1.54, 1.807) is 0 Å². The molecule has 1 fully saturated rings. The van der Waals surface area contributed by atoms with Gasteiger partial charge >= 0.3 is 0 Å². The Bertz CT molecular complexity index is 972. The van der Waals surface area contributed by atoms with Crippen LogP contribution in [0.2, 0.25) is 0 Å². The minimum atomic E-state index is -0.118. The number of ether oxygens (including phenoxy) is 1. The van der Waals surface area contributed by atoms with Gasteiger partial charge in [0.25, 0.3) is 11.8 Å². The molecule has 1 aliphatic heterocycles. The van der Waals surface area contributed by atoms with E-state index in [1.807, 2.05) is 67.4 Å². The SMILES string of the molecule is Cc1ccc(C(=O)N2CCCCCCCN(C)C(=O)c3ccccc3O[C@H]3CCCC[C@H]32)cc1. The molecule has 0 radical (unpaired) electrons. The molecule has 0 unspecified atom stereocenters. The highest BCUT2D eigenvalue weighted by Crippen LogP contribution is 2.31. The zero-order valence-electron chi connectivity index (χ0n) is 20.7. The summed E-state index contributed by atoms with van der Waals surface area (Å²) in [5, 5.41) is 0. The first kappa shape index (κ1) is 24.3. The van der Waals surface area contributed by atoms with Crippen LogP contribution >= 0.6 is 0 Å². The normalized spacial score (nSPS) is 22.6. The second-order valence-corrected chi connectivity index (χ2v) is 9.86. The summed E-state index contributed by atoms with van der Waals surface area (Å²) in [5.41, 5.74) is 2.50. The van der Waals surface area contributed by atoms with Crippen molar-refractivity contribution in [3.63, 3.8) is 0 Å². The van der Waals surface area contributed by atoms with Crippen molar-refractivity contribution < 1.29 is 14.3 Å². The number of aryl methyl sites for hydroxylation is 1. The quantitative estimate of drug-likeness (QED) is 0.533. The first-order valence-electron chi connectivity index (χ1n) is 12.9. The first-order chi connectivity index (χ1) is 16.5. The molecule has 0 spiro atoms. The predicted molar refractivity (Wildman–Crippen MR) is 135 cm³/mol. The Morgan fingerprint density at radius 2 is 1.53 bits per heavy atom. The van der Waals surface area contributed by atoms with Crippen molar-refractivity contribution in [2.24, 2.45) is 0 Å².